The van der Waals surface area contributed by atoms with Crippen molar-refractivity contribution in [2.75, 3.05) is 43.4 Å². The van der Waals surface area contributed by atoms with E-state index in [9.17, 15) is 0 Å². The molecule has 1 fully saturated rings. The molecular weight excluding hydrogens is 254 g/mol. The summed E-state index contributed by atoms with van der Waals surface area (Å²) in [7, 11) is 0. The van der Waals surface area contributed by atoms with Crippen LogP contribution in [0.25, 0.3) is 0 Å². The second-order valence-electron chi connectivity index (χ2n) is 5.38. The van der Waals surface area contributed by atoms with Crippen LogP contribution in [0.4, 0.5) is 11.5 Å². The molecule has 0 bridgehead atoms. The van der Waals surface area contributed by atoms with Crippen LogP contribution in [0.15, 0.2) is 6.33 Å². The molecular formula is C14H25N5O. The molecule has 1 aromatic rings. The third kappa shape index (κ3) is 3.30. The average molecular weight is 279 g/mol. The van der Waals surface area contributed by atoms with Crippen LogP contribution in [0, 0.1) is 0 Å². The third-order valence-electron chi connectivity index (χ3n) is 3.61. The van der Waals surface area contributed by atoms with Gasteiger partial charge in [-0.1, -0.05) is 6.92 Å². The van der Waals surface area contributed by atoms with Crippen molar-refractivity contribution in [1.29, 1.82) is 0 Å². The number of anilines is 2. The molecule has 0 spiro atoms. The maximum absolute atomic E-state index is 6.14. The molecule has 0 radical (unpaired) electrons. The molecule has 2 N–H and O–H groups in total. The van der Waals surface area contributed by atoms with Gasteiger partial charge in [0, 0.05) is 32.2 Å². The molecule has 6 nitrogen and oxygen atoms in total. The minimum absolute atomic E-state index is 0.503. The minimum Gasteiger partial charge on any atom is -0.476 e. The highest BCUT2D eigenvalue weighted by Crippen LogP contribution is 2.28. The lowest BCUT2D eigenvalue weighted by atomic mass is 10.2. The Morgan fingerprint density at radius 2 is 1.95 bits per heavy atom. The molecule has 2 rings (SSSR count). The van der Waals surface area contributed by atoms with Gasteiger partial charge in [0.15, 0.2) is 5.82 Å². The van der Waals surface area contributed by atoms with E-state index in [-0.39, 0.29) is 0 Å². The summed E-state index contributed by atoms with van der Waals surface area (Å²) < 4.78 is 5.56. The second-order valence-corrected chi connectivity index (χ2v) is 5.38. The van der Waals surface area contributed by atoms with E-state index < -0.39 is 0 Å². The third-order valence-corrected chi connectivity index (χ3v) is 3.61. The highest BCUT2D eigenvalue weighted by molar-refractivity contribution is 5.67. The van der Waals surface area contributed by atoms with E-state index in [1.807, 2.05) is 0 Å². The first-order valence-corrected chi connectivity index (χ1v) is 7.35. The van der Waals surface area contributed by atoms with E-state index in [0.717, 1.165) is 38.4 Å². The summed E-state index contributed by atoms with van der Waals surface area (Å²) in [5.41, 5.74) is 6.70. The minimum atomic E-state index is 0.503. The van der Waals surface area contributed by atoms with Crippen LogP contribution in [0.5, 0.6) is 5.88 Å². The maximum Gasteiger partial charge on any atom is 0.242 e. The smallest absolute Gasteiger partial charge is 0.242 e. The highest BCUT2D eigenvalue weighted by atomic mass is 16.5. The van der Waals surface area contributed by atoms with Crippen LogP contribution < -0.4 is 15.4 Å². The normalized spacial score (nSPS) is 16.7. The molecule has 1 aliphatic rings. The molecule has 6 heteroatoms. The van der Waals surface area contributed by atoms with Crippen LogP contribution >= 0.6 is 0 Å². The SMILES string of the molecule is CCCOc1ncnc(N2CCN(C(C)C)CC2)c1N. The molecule has 0 aromatic carbocycles. The molecule has 1 aliphatic heterocycles. The lowest BCUT2D eigenvalue weighted by Crippen LogP contribution is -2.49. The van der Waals surface area contributed by atoms with Gasteiger partial charge in [-0.3, -0.25) is 4.90 Å². The topological polar surface area (TPSA) is 67.5 Å². The van der Waals surface area contributed by atoms with Gasteiger partial charge in [-0.15, -0.1) is 0 Å². The first-order chi connectivity index (χ1) is 9.63. The maximum atomic E-state index is 6.14. The van der Waals surface area contributed by atoms with Crippen molar-refractivity contribution in [3.8, 4) is 5.88 Å². The van der Waals surface area contributed by atoms with E-state index in [4.69, 9.17) is 10.5 Å². The Balaban J connectivity index is 2.06. The summed E-state index contributed by atoms with van der Waals surface area (Å²) in [4.78, 5) is 13.1. The van der Waals surface area contributed by atoms with Gasteiger partial charge in [-0.05, 0) is 20.3 Å². The monoisotopic (exact) mass is 279 g/mol. The summed E-state index contributed by atoms with van der Waals surface area (Å²) in [6.45, 7) is 11.1. The number of nitrogens with two attached hydrogens (primary N) is 1. The number of aromatic nitrogens is 2. The zero-order valence-electron chi connectivity index (χ0n) is 12.7. The zero-order valence-corrected chi connectivity index (χ0v) is 12.7. The van der Waals surface area contributed by atoms with Gasteiger partial charge in [0.25, 0.3) is 0 Å². The summed E-state index contributed by atoms with van der Waals surface area (Å²) in [6, 6.07) is 0.586. The molecule has 0 atom stereocenters. The van der Waals surface area contributed by atoms with Gasteiger partial charge >= 0.3 is 0 Å². The largest absolute Gasteiger partial charge is 0.476 e. The van der Waals surface area contributed by atoms with Gasteiger partial charge < -0.3 is 15.4 Å². The number of nitrogens with zero attached hydrogens (tertiary/aromatic N) is 4. The number of ether oxygens (including phenoxy) is 1. The Hall–Kier alpha value is -1.56. The van der Waals surface area contributed by atoms with E-state index in [1.165, 1.54) is 6.33 Å². The van der Waals surface area contributed by atoms with E-state index >= 15 is 0 Å². The number of piperazine rings is 1. The molecule has 112 valence electrons. The zero-order chi connectivity index (χ0) is 14.5. The second kappa shape index (κ2) is 6.74. The Morgan fingerprint density at radius 3 is 2.55 bits per heavy atom. The summed E-state index contributed by atoms with van der Waals surface area (Å²) in [6.07, 6.45) is 2.47. The Bertz CT molecular complexity index is 430. The van der Waals surface area contributed by atoms with Crippen LogP contribution in [0.3, 0.4) is 0 Å². The molecule has 0 aliphatic carbocycles. The summed E-state index contributed by atoms with van der Waals surface area (Å²) in [5.74, 6) is 1.30. The van der Waals surface area contributed by atoms with Gasteiger partial charge in [0.1, 0.15) is 12.0 Å². The number of hydrogen-bond acceptors (Lipinski definition) is 6. The van der Waals surface area contributed by atoms with Gasteiger partial charge in [-0.2, -0.15) is 4.98 Å². The predicted molar refractivity (Wildman–Crippen MR) is 81.2 cm³/mol. The lowest BCUT2D eigenvalue weighted by molar-refractivity contribution is 0.209. The predicted octanol–water partition coefficient (Wildman–Crippen LogP) is 1.38. The number of nitrogen functional groups attached to an aromatic ring is 1. The number of hydrogen-bond donors (Lipinski definition) is 1. The van der Waals surface area contributed by atoms with Crippen molar-refractivity contribution in [3.05, 3.63) is 6.33 Å². The molecule has 2 heterocycles. The fourth-order valence-corrected chi connectivity index (χ4v) is 2.39. The molecule has 0 amide bonds. The standard InChI is InChI=1S/C14H25N5O/c1-4-9-20-14-12(15)13(16-10-17-14)19-7-5-18(6-8-19)11(2)3/h10-11H,4-9,15H2,1-3H3. The van der Waals surface area contributed by atoms with Crippen molar-refractivity contribution in [1.82, 2.24) is 14.9 Å². The van der Waals surface area contributed by atoms with Crippen LogP contribution in [-0.2, 0) is 0 Å². The van der Waals surface area contributed by atoms with E-state index in [2.05, 4.69) is 40.5 Å². The van der Waals surface area contributed by atoms with Crippen LogP contribution in [0.2, 0.25) is 0 Å². The molecule has 0 unspecified atom stereocenters. The highest BCUT2D eigenvalue weighted by Gasteiger charge is 2.22. The quantitative estimate of drug-likeness (QED) is 0.878. The van der Waals surface area contributed by atoms with Crippen molar-refractivity contribution < 1.29 is 4.74 Å². The van der Waals surface area contributed by atoms with Crippen molar-refractivity contribution in [3.63, 3.8) is 0 Å². The summed E-state index contributed by atoms with van der Waals surface area (Å²) in [5, 5.41) is 0. The molecule has 20 heavy (non-hydrogen) atoms. The van der Waals surface area contributed by atoms with Gasteiger partial charge in [0.05, 0.1) is 6.61 Å². The van der Waals surface area contributed by atoms with E-state index in [1.54, 1.807) is 0 Å². The first-order valence-electron chi connectivity index (χ1n) is 7.35. The van der Waals surface area contributed by atoms with Gasteiger partial charge in [-0.25, -0.2) is 4.98 Å². The number of rotatable bonds is 5. The van der Waals surface area contributed by atoms with Crippen molar-refractivity contribution >= 4 is 11.5 Å². The molecule has 1 aromatic heterocycles. The van der Waals surface area contributed by atoms with Crippen LogP contribution in [0.1, 0.15) is 27.2 Å². The summed E-state index contributed by atoms with van der Waals surface area (Å²) >= 11 is 0. The average Bonchev–Trinajstić information content (AvgIpc) is 2.46. The van der Waals surface area contributed by atoms with Crippen LogP contribution in [-0.4, -0.2) is 53.7 Å². The van der Waals surface area contributed by atoms with E-state index in [0.29, 0.717) is 24.2 Å². The molecule has 0 saturated carbocycles. The Kier molecular flexibility index (Phi) is 5.00. The van der Waals surface area contributed by atoms with Crippen molar-refractivity contribution in [2.45, 2.75) is 33.2 Å². The first kappa shape index (κ1) is 14.8. The van der Waals surface area contributed by atoms with Crippen molar-refractivity contribution in [2.24, 2.45) is 0 Å². The fourth-order valence-electron chi connectivity index (χ4n) is 2.39. The van der Waals surface area contributed by atoms with Gasteiger partial charge in [0.2, 0.25) is 5.88 Å². The molecule has 1 saturated heterocycles. The Labute approximate surface area is 120 Å². The fraction of sp³-hybridized carbons (Fsp3) is 0.714. The lowest BCUT2D eigenvalue weighted by Gasteiger charge is -2.37. The Morgan fingerprint density at radius 1 is 1.25 bits per heavy atom.